The van der Waals surface area contributed by atoms with Gasteiger partial charge in [-0.2, -0.15) is 0 Å². The van der Waals surface area contributed by atoms with Gasteiger partial charge in [-0.1, -0.05) is 249 Å². The predicted molar refractivity (Wildman–Crippen MR) is 284 cm³/mol. The summed E-state index contributed by atoms with van der Waals surface area (Å²) >= 11 is 0. The average Bonchev–Trinajstić information content (AvgIpc) is 3.31. The molecule has 0 N–H and O–H groups in total. The van der Waals surface area contributed by atoms with Crippen molar-refractivity contribution in [1.29, 1.82) is 0 Å². The highest BCUT2D eigenvalue weighted by Crippen LogP contribution is 2.16. The summed E-state index contributed by atoms with van der Waals surface area (Å²) in [6.45, 7) is 6.59. The zero-order valence-corrected chi connectivity index (χ0v) is 44.0. The molecule has 0 aliphatic rings. The van der Waals surface area contributed by atoms with E-state index < -0.39 is 6.10 Å². The van der Waals surface area contributed by atoms with E-state index in [0.717, 1.165) is 64.2 Å². The third kappa shape index (κ3) is 52.3. The summed E-state index contributed by atoms with van der Waals surface area (Å²) in [4.78, 5) is 38.1. The molecule has 0 rings (SSSR count). The molecule has 0 aliphatic carbocycles. The van der Waals surface area contributed by atoms with Crippen LogP contribution in [0.25, 0.3) is 0 Å². The van der Waals surface area contributed by atoms with Crippen LogP contribution in [-0.4, -0.2) is 37.2 Å². The van der Waals surface area contributed by atoms with Crippen LogP contribution in [0.1, 0.15) is 297 Å². The fourth-order valence-corrected chi connectivity index (χ4v) is 8.22. The van der Waals surface area contributed by atoms with Crippen LogP contribution in [0.15, 0.2) is 48.6 Å². The molecular formula is C60H108O6. The number of hydrogen-bond acceptors (Lipinski definition) is 6. The second-order valence-electron chi connectivity index (χ2n) is 19.2. The molecule has 0 aromatic carbocycles. The maximum atomic E-state index is 12.8. The molecule has 6 nitrogen and oxygen atoms in total. The lowest BCUT2D eigenvalue weighted by molar-refractivity contribution is -0.167. The predicted octanol–water partition coefficient (Wildman–Crippen LogP) is 19.0. The molecule has 0 amide bonds. The zero-order valence-electron chi connectivity index (χ0n) is 44.0. The molecule has 0 fully saturated rings. The summed E-state index contributed by atoms with van der Waals surface area (Å²) in [5.41, 5.74) is 0. The van der Waals surface area contributed by atoms with Crippen molar-refractivity contribution in [3.05, 3.63) is 48.6 Å². The van der Waals surface area contributed by atoms with Crippen molar-refractivity contribution in [2.24, 2.45) is 0 Å². The summed E-state index contributed by atoms with van der Waals surface area (Å²) in [5.74, 6) is -0.942. The van der Waals surface area contributed by atoms with Gasteiger partial charge in [0.1, 0.15) is 13.2 Å². The molecule has 0 bridgehead atoms. The Morgan fingerprint density at radius 2 is 0.561 bits per heavy atom. The molecule has 1 unspecified atom stereocenters. The number of unbranched alkanes of at least 4 members (excludes halogenated alkanes) is 33. The van der Waals surface area contributed by atoms with Crippen molar-refractivity contribution in [3.63, 3.8) is 0 Å². The lowest BCUT2D eigenvalue weighted by atomic mass is 10.0. The molecule has 0 aromatic heterocycles. The van der Waals surface area contributed by atoms with E-state index in [1.54, 1.807) is 0 Å². The molecule has 0 radical (unpaired) electrons. The summed E-state index contributed by atoms with van der Waals surface area (Å²) in [6.07, 6.45) is 66.8. The van der Waals surface area contributed by atoms with Crippen molar-refractivity contribution in [2.45, 2.75) is 303 Å². The number of rotatable bonds is 52. The Kier molecular flexibility index (Phi) is 52.8. The van der Waals surface area contributed by atoms with Gasteiger partial charge in [0.2, 0.25) is 0 Å². The smallest absolute Gasteiger partial charge is 0.306 e. The van der Waals surface area contributed by atoms with E-state index in [1.165, 1.54) is 186 Å². The average molecular weight is 926 g/mol. The molecule has 0 saturated heterocycles. The maximum Gasteiger partial charge on any atom is 0.306 e. The number of carbonyl (C=O) groups is 3. The topological polar surface area (TPSA) is 78.9 Å². The Hall–Kier alpha value is -2.63. The summed E-state index contributed by atoms with van der Waals surface area (Å²) < 4.78 is 16.8. The second kappa shape index (κ2) is 55.0. The highest BCUT2D eigenvalue weighted by molar-refractivity contribution is 5.71. The lowest BCUT2D eigenvalue weighted by Gasteiger charge is -2.18. The van der Waals surface area contributed by atoms with Gasteiger partial charge >= 0.3 is 17.9 Å². The van der Waals surface area contributed by atoms with Crippen LogP contribution in [0.3, 0.4) is 0 Å². The third-order valence-electron chi connectivity index (χ3n) is 12.6. The molecule has 0 aliphatic heterocycles. The summed E-state index contributed by atoms with van der Waals surface area (Å²) in [6, 6.07) is 0. The fraction of sp³-hybridized carbons (Fsp3) is 0.817. The molecule has 0 aromatic rings. The molecule has 0 heterocycles. The van der Waals surface area contributed by atoms with Crippen LogP contribution < -0.4 is 0 Å². The number of hydrogen-bond donors (Lipinski definition) is 0. The quantitative estimate of drug-likeness (QED) is 0.0262. The molecule has 384 valence electrons. The fourth-order valence-electron chi connectivity index (χ4n) is 8.22. The minimum absolute atomic E-state index is 0.0928. The number of carbonyl (C=O) groups excluding carboxylic acids is 3. The van der Waals surface area contributed by atoms with Crippen LogP contribution in [0, 0.1) is 0 Å². The minimum atomic E-state index is -0.800. The van der Waals surface area contributed by atoms with Gasteiger partial charge in [-0.25, -0.2) is 0 Å². The monoisotopic (exact) mass is 925 g/mol. The summed E-state index contributed by atoms with van der Waals surface area (Å²) in [5, 5.41) is 0. The highest BCUT2D eigenvalue weighted by Gasteiger charge is 2.19. The van der Waals surface area contributed by atoms with Gasteiger partial charge in [0.05, 0.1) is 0 Å². The first-order valence-corrected chi connectivity index (χ1v) is 28.6. The van der Waals surface area contributed by atoms with E-state index in [1.807, 2.05) is 0 Å². The van der Waals surface area contributed by atoms with Gasteiger partial charge in [-0.05, 0) is 77.0 Å². The minimum Gasteiger partial charge on any atom is -0.462 e. The second-order valence-corrected chi connectivity index (χ2v) is 19.2. The number of esters is 3. The SMILES string of the molecule is CCCCC/C=C\CCCCCCCC(=O)OCC(COC(=O)CCCCCCCCCCCCCCCCCCCCC)OC(=O)CCC/C=C\C/C=C\C/C=C\CCCCCCCC. The first-order valence-electron chi connectivity index (χ1n) is 28.6. The lowest BCUT2D eigenvalue weighted by Crippen LogP contribution is -2.30. The zero-order chi connectivity index (χ0) is 47.9. The standard InChI is InChI=1S/C60H108O6/c1-4-7-10-13-16-19-22-25-27-29-30-32-33-35-38-41-44-47-50-53-59(62)65-56-57(55-64-58(61)52-49-46-43-40-37-24-21-18-15-12-9-6-3)66-60(63)54-51-48-45-42-39-36-34-31-28-26-23-20-17-14-11-8-5-2/h18,21,26,28,34,36,42,45,57H,4-17,19-20,22-25,27,29-33,35,37-41,43-44,46-56H2,1-3H3/b21-18-,28-26-,36-34-,45-42-. The largest absolute Gasteiger partial charge is 0.462 e. The normalized spacial score (nSPS) is 12.3. The Morgan fingerprint density at radius 1 is 0.303 bits per heavy atom. The van der Waals surface area contributed by atoms with Gasteiger partial charge in [0, 0.05) is 19.3 Å². The van der Waals surface area contributed by atoms with Gasteiger partial charge in [-0.3, -0.25) is 14.4 Å². The maximum absolute atomic E-state index is 12.8. The van der Waals surface area contributed by atoms with Crippen LogP contribution in [0.4, 0.5) is 0 Å². The summed E-state index contributed by atoms with van der Waals surface area (Å²) in [7, 11) is 0. The van der Waals surface area contributed by atoms with Crippen molar-refractivity contribution in [2.75, 3.05) is 13.2 Å². The highest BCUT2D eigenvalue weighted by atomic mass is 16.6. The number of ether oxygens (including phenoxy) is 3. The third-order valence-corrected chi connectivity index (χ3v) is 12.6. The molecular weight excluding hydrogens is 817 g/mol. The van der Waals surface area contributed by atoms with Crippen molar-refractivity contribution >= 4 is 17.9 Å². The molecule has 0 saturated carbocycles. The van der Waals surface area contributed by atoms with E-state index in [4.69, 9.17) is 14.2 Å². The van der Waals surface area contributed by atoms with E-state index >= 15 is 0 Å². The van der Waals surface area contributed by atoms with Crippen LogP contribution in [0.2, 0.25) is 0 Å². The van der Waals surface area contributed by atoms with Gasteiger partial charge < -0.3 is 14.2 Å². The van der Waals surface area contributed by atoms with Gasteiger partial charge in [-0.15, -0.1) is 0 Å². The van der Waals surface area contributed by atoms with E-state index in [2.05, 4.69) is 69.4 Å². The van der Waals surface area contributed by atoms with Crippen molar-refractivity contribution in [1.82, 2.24) is 0 Å². The molecule has 1 atom stereocenters. The number of allylic oxidation sites excluding steroid dienone is 8. The van der Waals surface area contributed by atoms with E-state index in [0.29, 0.717) is 19.3 Å². The van der Waals surface area contributed by atoms with Gasteiger partial charge in [0.25, 0.3) is 0 Å². The first-order chi connectivity index (χ1) is 32.5. The first kappa shape index (κ1) is 63.4. The van der Waals surface area contributed by atoms with E-state index in [-0.39, 0.29) is 37.5 Å². The van der Waals surface area contributed by atoms with Crippen molar-refractivity contribution < 1.29 is 28.6 Å². The van der Waals surface area contributed by atoms with Crippen molar-refractivity contribution in [3.8, 4) is 0 Å². The Balaban J connectivity index is 4.39. The Labute approximate surface area is 409 Å². The Bertz CT molecular complexity index is 1150. The molecule has 6 heteroatoms. The van der Waals surface area contributed by atoms with Crippen LogP contribution in [0.5, 0.6) is 0 Å². The van der Waals surface area contributed by atoms with Gasteiger partial charge in [0.15, 0.2) is 6.10 Å². The molecule has 0 spiro atoms. The van der Waals surface area contributed by atoms with E-state index in [9.17, 15) is 14.4 Å². The molecule has 66 heavy (non-hydrogen) atoms. The van der Waals surface area contributed by atoms with Crippen LogP contribution >= 0.6 is 0 Å². The Morgan fingerprint density at radius 3 is 0.939 bits per heavy atom. The van der Waals surface area contributed by atoms with Crippen LogP contribution in [-0.2, 0) is 28.6 Å².